The normalized spacial score (nSPS) is 20.6. The largest absolute Gasteiger partial charge is 0.339 e. The van der Waals surface area contributed by atoms with Gasteiger partial charge in [-0.15, -0.1) is 0 Å². The Labute approximate surface area is 165 Å². The van der Waals surface area contributed by atoms with E-state index in [1.165, 1.54) is 42.7 Å². The second kappa shape index (κ2) is 9.32. The van der Waals surface area contributed by atoms with E-state index in [4.69, 9.17) is 9.73 Å². The molecule has 3 rings (SSSR count). The van der Waals surface area contributed by atoms with Crippen molar-refractivity contribution in [2.75, 3.05) is 19.3 Å². The van der Waals surface area contributed by atoms with Crippen LogP contribution in [0.1, 0.15) is 81.3 Å². The molecule has 1 aliphatic carbocycles. The Hall–Kier alpha value is -1.52. The highest BCUT2D eigenvalue weighted by Gasteiger charge is 2.37. The molecule has 1 amide bonds. The number of rotatable bonds is 9. The summed E-state index contributed by atoms with van der Waals surface area (Å²) in [5.41, 5.74) is 1.68. The molecule has 0 unspecified atom stereocenters. The Morgan fingerprint density at radius 1 is 1.32 bits per heavy atom. The predicted octanol–water partition coefficient (Wildman–Crippen LogP) is 2.16. The lowest BCUT2D eigenvalue weighted by Crippen LogP contribution is -2.48. The molecule has 9 nitrogen and oxygen atoms in total. The zero-order chi connectivity index (χ0) is 20.1. The molecule has 0 radical (unpaired) electrons. The molecule has 1 atom stereocenters. The SMILES string of the molecule is CS(=O)(=O)N1CC(c2noc([C@@H](CCCC3CCCCC3)CC(=O)NO)n2)C1. The maximum atomic E-state index is 11.7. The summed E-state index contributed by atoms with van der Waals surface area (Å²) in [6.07, 6.45) is 10.6. The van der Waals surface area contributed by atoms with Gasteiger partial charge in [0.25, 0.3) is 0 Å². The molecule has 2 fully saturated rings. The van der Waals surface area contributed by atoms with Gasteiger partial charge in [0.2, 0.25) is 21.8 Å². The molecule has 1 saturated heterocycles. The fourth-order valence-electron chi connectivity index (χ4n) is 4.16. The highest BCUT2D eigenvalue weighted by Crippen LogP contribution is 2.32. The minimum atomic E-state index is -3.19. The van der Waals surface area contributed by atoms with Crippen LogP contribution in [0.2, 0.25) is 0 Å². The van der Waals surface area contributed by atoms with Crippen molar-refractivity contribution in [1.29, 1.82) is 0 Å². The molecule has 158 valence electrons. The van der Waals surface area contributed by atoms with Gasteiger partial charge in [-0.2, -0.15) is 4.98 Å². The highest BCUT2D eigenvalue weighted by atomic mass is 32.2. The third-order valence-electron chi connectivity index (χ3n) is 5.94. The van der Waals surface area contributed by atoms with E-state index in [1.807, 2.05) is 0 Å². The monoisotopic (exact) mass is 414 g/mol. The average molecular weight is 415 g/mol. The molecule has 1 aromatic heterocycles. The van der Waals surface area contributed by atoms with Crippen molar-refractivity contribution < 1.29 is 22.9 Å². The number of sulfonamides is 1. The minimum absolute atomic E-state index is 0.0817. The third-order valence-corrected chi connectivity index (χ3v) is 7.17. The summed E-state index contributed by atoms with van der Waals surface area (Å²) in [6, 6.07) is 0. The number of aromatic nitrogens is 2. The van der Waals surface area contributed by atoms with Gasteiger partial charge in [0, 0.05) is 25.4 Å². The van der Waals surface area contributed by atoms with Gasteiger partial charge in [-0.25, -0.2) is 18.2 Å². The van der Waals surface area contributed by atoms with Gasteiger partial charge in [-0.05, 0) is 12.3 Å². The van der Waals surface area contributed by atoms with Crippen LogP contribution in [0.4, 0.5) is 0 Å². The molecule has 1 aromatic rings. The second-order valence-corrected chi connectivity index (χ2v) is 10.1. The molecular weight excluding hydrogens is 384 g/mol. The molecule has 1 saturated carbocycles. The molecule has 2 N–H and O–H groups in total. The molecule has 28 heavy (non-hydrogen) atoms. The second-order valence-electron chi connectivity index (χ2n) is 8.14. The first-order valence-electron chi connectivity index (χ1n) is 10.1. The van der Waals surface area contributed by atoms with Crippen molar-refractivity contribution in [3.05, 3.63) is 11.7 Å². The topological polar surface area (TPSA) is 126 Å². The predicted molar refractivity (Wildman–Crippen MR) is 101 cm³/mol. The summed E-state index contributed by atoms with van der Waals surface area (Å²) in [4.78, 5) is 16.1. The number of nitrogens with one attached hydrogen (secondary N) is 1. The lowest BCUT2D eigenvalue weighted by Gasteiger charge is -2.34. The van der Waals surface area contributed by atoms with E-state index in [0.717, 1.165) is 25.2 Å². The number of nitrogens with zero attached hydrogens (tertiary/aromatic N) is 3. The average Bonchev–Trinajstić information content (AvgIpc) is 3.08. The maximum absolute atomic E-state index is 11.7. The molecular formula is C18H30N4O5S. The molecule has 0 aromatic carbocycles. The van der Waals surface area contributed by atoms with E-state index >= 15 is 0 Å². The van der Waals surface area contributed by atoms with Crippen LogP contribution in [0.25, 0.3) is 0 Å². The summed E-state index contributed by atoms with van der Waals surface area (Å²) in [7, 11) is -3.19. The zero-order valence-corrected chi connectivity index (χ0v) is 17.2. The number of carbonyl (C=O) groups excluding carboxylic acids is 1. The van der Waals surface area contributed by atoms with Gasteiger partial charge in [0.05, 0.1) is 12.2 Å². The van der Waals surface area contributed by atoms with Crippen LogP contribution in [0.3, 0.4) is 0 Å². The van der Waals surface area contributed by atoms with Gasteiger partial charge in [0.1, 0.15) is 0 Å². The van der Waals surface area contributed by atoms with Crippen molar-refractivity contribution in [3.63, 3.8) is 0 Å². The standard InChI is InChI=1S/C18H30N4O5S/c1-28(25,26)22-11-15(12-22)17-19-18(27-21-17)14(10-16(23)20-24)9-5-8-13-6-3-2-4-7-13/h13-15,24H,2-12H2,1H3,(H,20,23)/t14-/m0/s1. The van der Waals surface area contributed by atoms with Crippen molar-refractivity contribution in [1.82, 2.24) is 19.9 Å². The van der Waals surface area contributed by atoms with Gasteiger partial charge >= 0.3 is 0 Å². The summed E-state index contributed by atoms with van der Waals surface area (Å²) in [5, 5.41) is 12.9. The van der Waals surface area contributed by atoms with Crippen LogP contribution < -0.4 is 5.48 Å². The Kier molecular flexibility index (Phi) is 7.05. The van der Waals surface area contributed by atoms with Crippen LogP contribution >= 0.6 is 0 Å². The highest BCUT2D eigenvalue weighted by molar-refractivity contribution is 7.88. The van der Waals surface area contributed by atoms with Crippen LogP contribution in [0, 0.1) is 5.92 Å². The number of carbonyl (C=O) groups is 1. The number of amides is 1. The Balaban J connectivity index is 1.57. The van der Waals surface area contributed by atoms with Gasteiger partial charge in [0.15, 0.2) is 5.82 Å². The van der Waals surface area contributed by atoms with E-state index in [0.29, 0.717) is 24.8 Å². The lowest BCUT2D eigenvalue weighted by molar-refractivity contribution is -0.129. The first-order valence-corrected chi connectivity index (χ1v) is 11.9. The number of hydrogen-bond acceptors (Lipinski definition) is 7. The van der Waals surface area contributed by atoms with Crippen molar-refractivity contribution in [2.45, 2.75) is 69.6 Å². The number of hydrogen-bond donors (Lipinski definition) is 2. The third kappa shape index (κ3) is 5.51. The van der Waals surface area contributed by atoms with E-state index in [1.54, 1.807) is 5.48 Å². The van der Waals surface area contributed by atoms with Gasteiger partial charge < -0.3 is 4.52 Å². The molecule has 0 spiro atoms. The molecule has 10 heteroatoms. The number of hydroxylamine groups is 1. The fourth-order valence-corrected chi connectivity index (χ4v) is 5.06. The van der Waals surface area contributed by atoms with Crippen LogP contribution in [0.5, 0.6) is 0 Å². The summed E-state index contributed by atoms with van der Waals surface area (Å²) >= 11 is 0. The summed E-state index contributed by atoms with van der Waals surface area (Å²) in [6.45, 7) is 0.697. The Morgan fingerprint density at radius 3 is 2.68 bits per heavy atom. The van der Waals surface area contributed by atoms with Crippen LogP contribution in [-0.4, -0.2) is 53.3 Å². The van der Waals surface area contributed by atoms with Crippen LogP contribution in [0.15, 0.2) is 4.52 Å². The van der Waals surface area contributed by atoms with E-state index < -0.39 is 15.9 Å². The summed E-state index contributed by atoms with van der Waals surface area (Å²) in [5.74, 6) is 0.826. The van der Waals surface area contributed by atoms with Crippen molar-refractivity contribution in [2.24, 2.45) is 5.92 Å². The smallest absolute Gasteiger partial charge is 0.244 e. The van der Waals surface area contributed by atoms with E-state index in [2.05, 4.69) is 10.1 Å². The molecule has 2 aliphatic rings. The molecule has 2 heterocycles. The minimum Gasteiger partial charge on any atom is -0.339 e. The maximum Gasteiger partial charge on any atom is 0.244 e. The first kappa shape index (κ1) is 21.2. The molecule has 0 bridgehead atoms. The van der Waals surface area contributed by atoms with Gasteiger partial charge in [-0.3, -0.25) is 10.0 Å². The van der Waals surface area contributed by atoms with E-state index in [-0.39, 0.29) is 18.3 Å². The van der Waals surface area contributed by atoms with Crippen LogP contribution in [-0.2, 0) is 14.8 Å². The zero-order valence-electron chi connectivity index (χ0n) is 16.3. The quantitative estimate of drug-likeness (QED) is 0.468. The fraction of sp³-hybridized carbons (Fsp3) is 0.833. The Bertz CT molecular complexity index is 754. The van der Waals surface area contributed by atoms with Gasteiger partial charge in [-0.1, -0.05) is 50.1 Å². The van der Waals surface area contributed by atoms with E-state index in [9.17, 15) is 13.2 Å². The Morgan fingerprint density at radius 2 is 2.04 bits per heavy atom. The van der Waals surface area contributed by atoms with Crippen molar-refractivity contribution in [3.8, 4) is 0 Å². The first-order chi connectivity index (χ1) is 13.4. The van der Waals surface area contributed by atoms with Crippen molar-refractivity contribution >= 4 is 15.9 Å². The lowest BCUT2D eigenvalue weighted by atomic mass is 9.84. The molecule has 1 aliphatic heterocycles. The summed E-state index contributed by atoms with van der Waals surface area (Å²) < 4.78 is 29.8.